The zero-order valence-corrected chi connectivity index (χ0v) is 16.6. The molecule has 0 bridgehead atoms. The lowest BCUT2D eigenvalue weighted by molar-refractivity contribution is -0.271. The van der Waals surface area contributed by atoms with Crippen LogP contribution in [0.4, 0.5) is 0 Å². The number of carboxylic acid groups (broad SMARTS) is 2. The van der Waals surface area contributed by atoms with E-state index < -0.39 is 42.6 Å². The molecular weight excluding hydrogens is 424 g/mol. The monoisotopic (exact) mass is 446 g/mol. The fourth-order valence-corrected chi connectivity index (χ4v) is 3.02. The molecule has 32 heavy (non-hydrogen) atoms. The first-order valence-electron chi connectivity index (χ1n) is 9.57. The highest BCUT2D eigenvalue weighted by Crippen LogP contribution is 2.33. The number of rotatable bonds is 8. The number of ether oxygens (including phenoxy) is 3. The van der Waals surface area contributed by atoms with E-state index in [0.29, 0.717) is 5.56 Å². The van der Waals surface area contributed by atoms with Crippen LogP contribution in [0, 0.1) is 0 Å². The molecule has 0 aromatic heterocycles. The van der Waals surface area contributed by atoms with Crippen LogP contribution in [0.3, 0.4) is 0 Å². The van der Waals surface area contributed by atoms with E-state index in [1.54, 1.807) is 0 Å². The third-order valence-corrected chi connectivity index (χ3v) is 4.68. The molecule has 1 aliphatic rings. The van der Waals surface area contributed by atoms with Crippen LogP contribution in [-0.4, -0.2) is 68.2 Å². The number of hydrogen-bond donors (Lipinski definition) is 5. The molecule has 0 saturated carbocycles. The second-order valence-electron chi connectivity index (χ2n) is 7.00. The van der Waals surface area contributed by atoms with Gasteiger partial charge < -0.3 is 39.7 Å². The molecule has 1 heterocycles. The molecule has 2 aromatic rings. The molecule has 170 valence electrons. The zero-order valence-electron chi connectivity index (χ0n) is 16.6. The number of benzene rings is 2. The molecule has 0 unspecified atom stereocenters. The molecule has 0 amide bonds. The van der Waals surface area contributed by atoms with Gasteiger partial charge in [-0.3, -0.25) is 0 Å². The first kappa shape index (κ1) is 23.2. The van der Waals surface area contributed by atoms with Gasteiger partial charge in [-0.1, -0.05) is 36.4 Å². The standard InChI is InChI=1S/C22H22O10/c23-16(24)9-7-12-6-8-14(15(10-12)30-11-13-4-2-1-3-5-13)31-22-19(27)17(25)18(26)20(32-22)21(28)29/h1-10,17-20,22,25-27H,11H2,(H,23,24)(H,28,29)/b9-7+/t17-,18-,19+,20-,22+/m0/s1. The first-order chi connectivity index (χ1) is 15.3. The van der Waals surface area contributed by atoms with Crippen molar-refractivity contribution in [3.63, 3.8) is 0 Å². The van der Waals surface area contributed by atoms with Gasteiger partial charge in [0.2, 0.25) is 6.29 Å². The molecule has 2 aromatic carbocycles. The van der Waals surface area contributed by atoms with Crippen LogP contribution in [-0.2, 0) is 20.9 Å². The fraction of sp³-hybridized carbons (Fsp3) is 0.273. The van der Waals surface area contributed by atoms with Crippen molar-refractivity contribution in [1.82, 2.24) is 0 Å². The second kappa shape index (κ2) is 10.2. The van der Waals surface area contributed by atoms with Crippen LogP contribution in [0.25, 0.3) is 6.08 Å². The third kappa shape index (κ3) is 5.62. The summed E-state index contributed by atoms with van der Waals surface area (Å²) < 4.78 is 16.5. The average molecular weight is 446 g/mol. The van der Waals surface area contributed by atoms with Crippen molar-refractivity contribution in [1.29, 1.82) is 0 Å². The third-order valence-electron chi connectivity index (χ3n) is 4.68. The molecule has 1 fully saturated rings. The molecule has 0 aliphatic carbocycles. The molecule has 5 atom stereocenters. The molecule has 3 rings (SSSR count). The Morgan fingerprint density at radius 2 is 1.66 bits per heavy atom. The number of hydrogen-bond acceptors (Lipinski definition) is 8. The smallest absolute Gasteiger partial charge is 0.335 e. The highest BCUT2D eigenvalue weighted by Gasteiger charge is 2.48. The van der Waals surface area contributed by atoms with Crippen molar-refractivity contribution in [2.45, 2.75) is 37.3 Å². The second-order valence-corrected chi connectivity index (χ2v) is 7.00. The normalized spacial score (nSPS) is 25.4. The lowest BCUT2D eigenvalue weighted by atomic mass is 9.99. The maximum atomic E-state index is 11.3. The van der Waals surface area contributed by atoms with E-state index in [2.05, 4.69) is 0 Å². The van der Waals surface area contributed by atoms with Crippen LogP contribution in [0.15, 0.2) is 54.6 Å². The van der Waals surface area contributed by atoms with Gasteiger partial charge in [-0.2, -0.15) is 0 Å². The zero-order chi connectivity index (χ0) is 23.3. The molecule has 1 saturated heterocycles. The number of aliphatic hydroxyl groups is 3. The molecule has 0 spiro atoms. The first-order valence-corrected chi connectivity index (χ1v) is 9.57. The van der Waals surface area contributed by atoms with Gasteiger partial charge in [0, 0.05) is 6.08 Å². The Morgan fingerprint density at radius 1 is 0.938 bits per heavy atom. The minimum Gasteiger partial charge on any atom is -0.485 e. The number of carboxylic acids is 2. The van der Waals surface area contributed by atoms with Crippen molar-refractivity contribution in [2.75, 3.05) is 0 Å². The van der Waals surface area contributed by atoms with Gasteiger partial charge in [0.15, 0.2) is 17.6 Å². The van der Waals surface area contributed by atoms with Crippen LogP contribution in [0.2, 0.25) is 0 Å². The predicted molar refractivity (Wildman–Crippen MR) is 109 cm³/mol. The maximum Gasteiger partial charge on any atom is 0.335 e. The quantitative estimate of drug-likeness (QED) is 0.364. The van der Waals surface area contributed by atoms with E-state index in [-0.39, 0.29) is 18.1 Å². The van der Waals surface area contributed by atoms with Crippen molar-refractivity contribution in [2.24, 2.45) is 0 Å². The van der Waals surface area contributed by atoms with E-state index in [1.165, 1.54) is 24.3 Å². The summed E-state index contributed by atoms with van der Waals surface area (Å²) >= 11 is 0. The van der Waals surface area contributed by atoms with Crippen molar-refractivity contribution in [3.8, 4) is 11.5 Å². The molecular formula is C22H22O10. The minimum atomic E-state index is -1.85. The predicted octanol–water partition coefficient (Wildman–Crippen LogP) is 0.634. The van der Waals surface area contributed by atoms with E-state index in [1.807, 2.05) is 30.3 Å². The van der Waals surface area contributed by atoms with Gasteiger partial charge in [0.25, 0.3) is 0 Å². The summed E-state index contributed by atoms with van der Waals surface area (Å²) in [5.41, 5.74) is 1.31. The van der Waals surface area contributed by atoms with E-state index in [0.717, 1.165) is 11.6 Å². The Bertz CT molecular complexity index is 974. The molecule has 10 heteroatoms. The number of aliphatic carboxylic acids is 2. The van der Waals surface area contributed by atoms with Gasteiger partial charge in [0.1, 0.15) is 24.9 Å². The highest BCUT2D eigenvalue weighted by atomic mass is 16.7. The van der Waals surface area contributed by atoms with Gasteiger partial charge in [-0.25, -0.2) is 9.59 Å². The molecule has 1 aliphatic heterocycles. The SMILES string of the molecule is O=C(O)/C=C/c1ccc(O[C@@H]2O[C@H](C(=O)O)[C@@H](O)[C@H](O)[C@H]2O)c(OCc2ccccc2)c1. The largest absolute Gasteiger partial charge is 0.485 e. The van der Waals surface area contributed by atoms with E-state index in [9.17, 15) is 30.0 Å². The maximum absolute atomic E-state index is 11.3. The molecule has 10 nitrogen and oxygen atoms in total. The van der Waals surface area contributed by atoms with Gasteiger partial charge in [-0.05, 0) is 29.3 Å². The fourth-order valence-electron chi connectivity index (χ4n) is 3.02. The number of carbonyl (C=O) groups is 2. The van der Waals surface area contributed by atoms with Crippen LogP contribution < -0.4 is 9.47 Å². The molecule has 5 N–H and O–H groups in total. The summed E-state index contributed by atoms with van der Waals surface area (Å²) in [4.78, 5) is 22.1. The van der Waals surface area contributed by atoms with Crippen LogP contribution in [0.1, 0.15) is 11.1 Å². The summed E-state index contributed by atoms with van der Waals surface area (Å²) in [6, 6.07) is 13.6. The minimum absolute atomic E-state index is 0.0465. The summed E-state index contributed by atoms with van der Waals surface area (Å²) in [7, 11) is 0. The lowest BCUT2D eigenvalue weighted by Gasteiger charge is -2.38. The highest BCUT2D eigenvalue weighted by molar-refractivity contribution is 5.85. The Hall–Kier alpha value is -3.44. The summed E-state index contributed by atoms with van der Waals surface area (Å²) in [5, 5.41) is 48.0. The van der Waals surface area contributed by atoms with E-state index in [4.69, 9.17) is 19.3 Å². The summed E-state index contributed by atoms with van der Waals surface area (Å²) in [6.07, 6.45) is -6.55. The van der Waals surface area contributed by atoms with Crippen molar-refractivity contribution < 1.29 is 49.3 Å². The lowest BCUT2D eigenvalue weighted by Crippen LogP contribution is -2.61. The molecule has 0 radical (unpaired) electrons. The topological polar surface area (TPSA) is 163 Å². The van der Waals surface area contributed by atoms with E-state index >= 15 is 0 Å². The Balaban J connectivity index is 1.86. The Morgan fingerprint density at radius 3 is 2.31 bits per heavy atom. The summed E-state index contributed by atoms with van der Waals surface area (Å²) in [5.74, 6) is -2.47. The van der Waals surface area contributed by atoms with Gasteiger partial charge in [-0.15, -0.1) is 0 Å². The Kier molecular flexibility index (Phi) is 7.44. The summed E-state index contributed by atoms with van der Waals surface area (Å²) in [6.45, 7) is 0.135. The van der Waals surface area contributed by atoms with Crippen LogP contribution >= 0.6 is 0 Å². The Labute approximate surface area is 182 Å². The van der Waals surface area contributed by atoms with Gasteiger partial charge in [0.05, 0.1) is 0 Å². The van der Waals surface area contributed by atoms with Crippen molar-refractivity contribution >= 4 is 18.0 Å². The number of aliphatic hydroxyl groups excluding tert-OH is 3. The average Bonchev–Trinajstić information content (AvgIpc) is 2.78. The van der Waals surface area contributed by atoms with Gasteiger partial charge >= 0.3 is 11.9 Å². The van der Waals surface area contributed by atoms with Crippen LogP contribution in [0.5, 0.6) is 11.5 Å². The van der Waals surface area contributed by atoms with Crippen molar-refractivity contribution in [3.05, 3.63) is 65.7 Å².